The third kappa shape index (κ3) is 2.84. The number of halogens is 4. The van der Waals surface area contributed by atoms with Crippen molar-refractivity contribution < 1.29 is 18.0 Å². The summed E-state index contributed by atoms with van der Waals surface area (Å²) in [4.78, 5) is 15.9. The number of hydrogen-bond acceptors (Lipinski definition) is 2. The highest BCUT2D eigenvalue weighted by Crippen LogP contribution is 2.36. The van der Waals surface area contributed by atoms with Crippen LogP contribution < -0.4 is 0 Å². The first kappa shape index (κ1) is 13.7. The number of benzene rings is 1. The van der Waals surface area contributed by atoms with E-state index in [0.29, 0.717) is 0 Å². The first-order valence-electron chi connectivity index (χ1n) is 5.21. The highest BCUT2D eigenvalue weighted by Gasteiger charge is 2.36. The molecular weight excluding hydrogens is 323 g/mol. The molecule has 1 aromatic carbocycles. The summed E-state index contributed by atoms with van der Waals surface area (Å²) in [5.41, 5.74) is -1.25. The van der Waals surface area contributed by atoms with Gasteiger partial charge in [-0.05, 0) is 24.3 Å². The molecule has 0 amide bonds. The summed E-state index contributed by atoms with van der Waals surface area (Å²) in [5, 5.41) is 0. The van der Waals surface area contributed by atoms with Gasteiger partial charge in [0, 0.05) is 28.0 Å². The van der Waals surface area contributed by atoms with Gasteiger partial charge in [0.15, 0.2) is 5.78 Å². The Hall–Kier alpha value is -1.69. The predicted molar refractivity (Wildman–Crippen MR) is 66.8 cm³/mol. The largest absolute Gasteiger partial charge is 0.417 e. The molecule has 0 radical (unpaired) electrons. The summed E-state index contributed by atoms with van der Waals surface area (Å²) < 4.78 is 38.9. The number of rotatable bonds is 2. The molecule has 0 N–H and O–H groups in total. The molecule has 0 aliphatic heterocycles. The second kappa shape index (κ2) is 5.13. The molecule has 2 aromatic rings. The van der Waals surface area contributed by atoms with Crippen molar-refractivity contribution in [3.05, 3.63) is 63.9 Å². The van der Waals surface area contributed by atoms with Gasteiger partial charge in [-0.15, -0.1) is 0 Å². The Morgan fingerprint density at radius 3 is 2.47 bits per heavy atom. The normalized spacial score (nSPS) is 11.4. The molecule has 98 valence electrons. The maximum Gasteiger partial charge on any atom is 0.417 e. The molecule has 0 atom stereocenters. The molecule has 19 heavy (non-hydrogen) atoms. The summed E-state index contributed by atoms with van der Waals surface area (Å²) in [6.07, 6.45) is -1.90. The lowest BCUT2D eigenvalue weighted by molar-refractivity contribution is -0.137. The van der Waals surface area contributed by atoms with Crippen molar-refractivity contribution in [2.45, 2.75) is 6.18 Å². The van der Waals surface area contributed by atoms with E-state index >= 15 is 0 Å². The van der Waals surface area contributed by atoms with Crippen LogP contribution in [0.1, 0.15) is 21.5 Å². The fraction of sp³-hybridized carbons (Fsp3) is 0.0769. The molecule has 2 nitrogen and oxygen atoms in total. The number of alkyl halides is 3. The van der Waals surface area contributed by atoms with E-state index in [2.05, 4.69) is 20.9 Å². The van der Waals surface area contributed by atoms with Crippen molar-refractivity contribution in [3.8, 4) is 0 Å². The van der Waals surface area contributed by atoms with Crippen molar-refractivity contribution >= 4 is 21.7 Å². The van der Waals surface area contributed by atoms with Crippen LogP contribution in [0.4, 0.5) is 13.2 Å². The quantitative estimate of drug-likeness (QED) is 0.776. The standard InChI is InChI=1S/C13H7BrF3NO/c14-10-5-1-4-9(13(15,16)17)11(10)12(19)8-3-2-6-18-7-8/h1-7H. The van der Waals surface area contributed by atoms with Crippen molar-refractivity contribution in [3.63, 3.8) is 0 Å². The van der Waals surface area contributed by atoms with Gasteiger partial charge in [0.05, 0.1) is 5.56 Å². The van der Waals surface area contributed by atoms with Crippen molar-refractivity contribution in [1.29, 1.82) is 0 Å². The molecule has 0 aliphatic carbocycles. The van der Waals surface area contributed by atoms with E-state index in [9.17, 15) is 18.0 Å². The molecule has 6 heteroatoms. The first-order chi connectivity index (χ1) is 8.91. The van der Waals surface area contributed by atoms with E-state index in [1.807, 2.05) is 0 Å². The van der Waals surface area contributed by atoms with Gasteiger partial charge in [0.2, 0.25) is 0 Å². The highest BCUT2D eigenvalue weighted by molar-refractivity contribution is 9.10. The highest BCUT2D eigenvalue weighted by atomic mass is 79.9. The van der Waals surface area contributed by atoms with E-state index in [1.54, 1.807) is 0 Å². The Bertz CT molecular complexity index is 611. The predicted octanol–water partition coefficient (Wildman–Crippen LogP) is 4.09. The average Bonchev–Trinajstić information content (AvgIpc) is 2.37. The monoisotopic (exact) mass is 329 g/mol. The zero-order valence-electron chi connectivity index (χ0n) is 9.41. The number of aromatic nitrogens is 1. The summed E-state index contributed by atoms with van der Waals surface area (Å²) in [6.45, 7) is 0. The molecular formula is C13H7BrF3NO. The molecule has 2 rings (SSSR count). The Morgan fingerprint density at radius 1 is 1.16 bits per heavy atom. The minimum absolute atomic E-state index is 0.108. The number of carbonyl (C=O) groups is 1. The molecule has 0 spiro atoms. The van der Waals surface area contributed by atoms with Crippen LogP contribution >= 0.6 is 15.9 Å². The van der Waals surface area contributed by atoms with E-state index in [1.165, 1.54) is 36.7 Å². The lowest BCUT2D eigenvalue weighted by Gasteiger charge is -2.13. The first-order valence-corrected chi connectivity index (χ1v) is 6.01. The number of ketones is 1. The molecule has 0 unspecified atom stereocenters. The Morgan fingerprint density at radius 2 is 1.89 bits per heavy atom. The Labute approximate surface area is 115 Å². The SMILES string of the molecule is O=C(c1cccnc1)c1c(Br)cccc1C(F)(F)F. The molecule has 0 saturated heterocycles. The average molecular weight is 330 g/mol. The second-order valence-corrected chi connectivity index (χ2v) is 4.59. The topological polar surface area (TPSA) is 30.0 Å². The lowest BCUT2D eigenvalue weighted by atomic mass is 9.99. The van der Waals surface area contributed by atoms with Gasteiger partial charge in [-0.25, -0.2) is 0 Å². The molecule has 0 fully saturated rings. The van der Waals surface area contributed by atoms with Crippen LogP contribution in [-0.2, 0) is 6.18 Å². The van der Waals surface area contributed by atoms with Crippen LogP contribution in [0.5, 0.6) is 0 Å². The van der Waals surface area contributed by atoms with Crippen LogP contribution in [0.2, 0.25) is 0 Å². The minimum Gasteiger partial charge on any atom is -0.288 e. The Kier molecular flexibility index (Phi) is 3.71. The van der Waals surface area contributed by atoms with Crippen LogP contribution in [0, 0.1) is 0 Å². The van der Waals surface area contributed by atoms with Crippen LogP contribution in [-0.4, -0.2) is 10.8 Å². The summed E-state index contributed by atoms with van der Waals surface area (Å²) in [6, 6.07) is 6.45. The summed E-state index contributed by atoms with van der Waals surface area (Å²) in [7, 11) is 0. The lowest BCUT2D eigenvalue weighted by Crippen LogP contribution is -2.14. The van der Waals surface area contributed by atoms with E-state index in [0.717, 1.165) is 6.07 Å². The summed E-state index contributed by atoms with van der Waals surface area (Å²) >= 11 is 3.00. The Balaban J connectivity index is 2.60. The fourth-order valence-corrected chi connectivity index (χ4v) is 2.18. The zero-order valence-corrected chi connectivity index (χ0v) is 11.0. The fourth-order valence-electron chi connectivity index (χ4n) is 1.63. The maximum atomic E-state index is 12.9. The van der Waals surface area contributed by atoms with Gasteiger partial charge < -0.3 is 0 Å². The van der Waals surface area contributed by atoms with Crippen LogP contribution in [0.25, 0.3) is 0 Å². The second-order valence-electron chi connectivity index (χ2n) is 3.73. The summed E-state index contributed by atoms with van der Waals surface area (Å²) in [5.74, 6) is -0.715. The zero-order chi connectivity index (χ0) is 14.0. The third-order valence-corrected chi connectivity index (χ3v) is 3.13. The van der Waals surface area contributed by atoms with E-state index in [-0.39, 0.29) is 10.0 Å². The van der Waals surface area contributed by atoms with Gasteiger partial charge in [-0.2, -0.15) is 13.2 Å². The molecule has 0 saturated carbocycles. The van der Waals surface area contributed by atoms with Crippen molar-refractivity contribution in [2.24, 2.45) is 0 Å². The number of pyridine rings is 1. The molecule has 1 heterocycles. The third-order valence-electron chi connectivity index (χ3n) is 2.47. The number of nitrogens with zero attached hydrogens (tertiary/aromatic N) is 1. The van der Waals surface area contributed by atoms with Gasteiger partial charge in [-0.3, -0.25) is 9.78 Å². The van der Waals surface area contributed by atoms with Crippen molar-refractivity contribution in [2.75, 3.05) is 0 Å². The molecule has 1 aromatic heterocycles. The van der Waals surface area contributed by atoms with E-state index in [4.69, 9.17) is 0 Å². The maximum absolute atomic E-state index is 12.9. The minimum atomic E-state index is -4.59. The van der Waals surface area contributed by atoms with Gasteiger partial charge in [0.1, 0.15) is 0 Å². The van der Waals surface area contributed by atoms with Crippen molar-refractivity contribution in [1.82, 2.24) is 4.98 Å². The van der Waals surface area contributed by atoms with E-state index < -0.39 is 23.1 Å². The van der Waals surface area contributed by atoms with Crippen LogP contribution in [0.3, 0.4) is 0 Å². The van der Waals surface area contributed by atoms with Gasteiger partial charge in [-0.1, -0.05) is 22.0 Å². The molecule has 0 aliphatic rings. The van der Waals surface area contributed by atoms with Gasteiger partial charge >= 0.3 is 6.18 Å². The smallest absolute Gasteiger partial charge is 0.288 e. The number of hydrogen-bond donors (Lipinski definition) is 0. The van der Waals surface area contributed by atoms with Gasteiger partial charge in [0.25, 0.3) is 0 Å². The molecule has 0 bridgehead atoms. The van der Waals surface area contributed by atoms with Crippen LogP contribution in [0.15, 0.2) is 47.2 Å². The number of carbonyl (C=O) groups excluding carboxylic acids is 1.